The maximum Gasteiger partial charge on any atom is 0.373 e. The molecule has 0 radical (unpaired) electrons. The summed E-state index contributed by atoms with van der Waals surface area (Å²) in [6.07, 6.45) is 1.25. The topological polar surface area (TPSA) is 101 Å². The average Bonchev–Trinajstić information content (AvgIpc) is 2.76. The normalized spacial score (nSPS) is 20.1. The van der Waals surface area contributed by atoms with Crippen molar-refractivity contribution in [3.63, 3.8) is 0 Å². The Kier molecular flexibility index (Phi) is 4.25. The van der Waals surface area contributed by atoms with E-state index >= 15 is 0 Å². The Hall–Kier alpha value is -2.79. The number of benzene rings is 1. The predicted molar refractivity (Wildman–Crippen MR) is 68.8 cm³/mol. The number of rotatable bonds is 1. The molecular weight excluding hydrogens is 276 g/mol. The molecule has 1 N–H and O–H groups in total. The van der Waals surface area contributed by atoms with Crippen LogP contribution in [-0.2, 0) is 30.4 Å². The van der Waals surface area contributed by atoms with E-state index in [0.717, 1.165) is 11.3 Å². The number of piperidine rings is 1. The fourth-order valence-corrected chi connectivity index (χ4v) is 2.55. The Morgan fingerprint density at radius 2 is 1.81 bits per heavy atom. The van der Waals surface area contributed by atoms with Crippen molar-refractivity contribution in [2.24, 2.45) is 0 Å². The monoisotopic (exact) mass is 288 g/mol. The lowest BCUT2D eigenvalue weighted by Gasteiger charge is -2.30. The van der Waals surface area contributed by atoms with Gasteiger partial charge in [0, 0.05) is 12.1 Å². The predicted octanol–water partition coefficient (Wildman–Crippen LogP) is -0.203. The fraction of sp³-hybridized carbons (Fsp3) is 0.286. The molecule has 1 aromatic carbocycles. The van der Waals surface area contributed by atoms with Crippen LogP contribution in [0.15, 0.2) is 24.3 Å². The highest BCUT2D eigenvalue weighted by Crippen LogP contribution is 2.32. The van der Waals surface area contributed by atoms with Gasteiger partial charge in [-0.1, -0.05) is 18.2 Å². The van der Waals surface area contributed by atoms with E-state index in [1.165, 1.54) is 4.90 Å². The molecule has 2 aliphatic heterocycles. The van der Waals surface area contributed by atoms with Crippen molar-refractivity contribution < 1.29 is 24.0 Å². The Morgan fingerprint density at radius 1 is 1.14 bits per heavy atom. The number of imide groups is 1. The highest BCUT2D eigenvalue weighted by atomic mass is 16.2. The highest BCUT2D eigenvalue weighted by Gasteiger charge is 2.39. The lowest BCUT2D eigenvalue weighted by Crippen LogP contribution is -2.53. The van der Waals surface area contributed by atoms with Crippen LogP contribution in [0.4, 0.5) is 5.69 Å². The average molecular weight is 288 g/mol. The number of amides is 3. The molecule has 2 aliphatic rings. The number of carbonyl (C=O) groups excluding carboxylic acids is 5. The maximum absolute atomic E-state index is 12.0. The zero-order valence-electron chi connectivity index (χ0n) is 11.0. The van der Waals surface area contributed by atoms with Crippen LogP contribution in [0.5, 0.6) is 0 Å². The lowest BCUT2D eigenvalue weighted by molar-refractivity contribution is -0.191. The van der Waals surface area contributed by atoms with Gasteiger partial charge in [-0.3, -0.25) is 24.6 Å². The quantitative estimate of drug-likeness (QED) is 0.721. The summed E-state index contributed by atoms with van der Waals surface area (Å²) in [6.45, 7) is 0. The van der Waals surface area contributed by atoms with Crippen LogP contribution in [0.2, 0.25) is 0 Å². The van der Waals surface area contributed by atoms with Crippen molar-refractivity contribution >= 4 is 29.6 Å². The second kappa shape index (κ2) is 6.11. The number of nitrogens with zero attached hydrogens (tertiary/aromatic N) is 1. The molecule has 0 aromatic heterocycles. The van der Waals surface area contributed by atoms with Gasteiger partial charge < -0.3 is 0 Å². The highest BCUT2D eigenvalue weighted by molar-refractivity contribution is 6.10. The first-order chi connectivity index (χ1) is 10.1. The van der Waals surface area contributed by atoms with Crippen molar-refractivity contribution in [2.75, 3.05) is 4.90 Å². The van der Waals surface area contributed by atoms with Crippen LogP contribution in [-0.4, -0.2) is 29.9 Å². The molecule has 7 nitrogen and oxygen atoms in total. The number of fused-ring (bicyclic) bond motifs is 1. The van der Waals surface area contributed by atoms with Gasteiger partial charge in [-0.05, 0) is 18.1 Å². The molecule has 7 heteroatoms. The Bertz CT molecular complexity index is 634. The Morgan fingerprint density at radius 3 is 2.48 bits per heavy atom. The number of anilines is 1. The Balaban J connectivity index is 0.000000497. The minimum absolute atomic E-state index is 0.0781. The molecule has 1 aromatic rings. The smallest absolute Gasteiger partial charge is 0.299 e. The SMILES string of the molecule is O=C1CCC(N2C(=O)Cc3ccccc32)C(=O)N1.O=C=O. The van der Waals surface area contributed by atoms with Crippen molar-refractivity contribution in [3.05, 3.63) is 29.8 Å². The molecule has 0 spiro atoms. The van der Waals surface area contributed by atoms with E-state index in [2.05, 4.69) is 5.32 Å². The third-order valence-corrected chi connectivity index (χ3v) is 3.38. The number of nitrogens with one attached hydrogen (secondary N) is 1. The second-order valence-electron chi connectivity index (χ2n) is 4.62. The molecule has 1 saturated heterocycles. The van der Waals surface area contributed by atoms with Gasteiger partial charge in [-0.15, -0.1) is 0 Å². The molecule has 0 saturated carbocycles. The van der Waals surface area contributed by atoms with Crippen LogP contribution in [0, 0.1) is 0 Å². The number of hydrogen-bond acceptors (Lipinski definition) is 5. The number of hydrogen-bond donors (Lipinski definition) is 1. The summed E-state index contributed by atoms with van der Waals surface area (Å²) in [7, 11) is 0. The maximum atomic E-state index is 12.0. The first kappa shape index (κ1) is 14.6. The molecule has 0 bridgehead atoms. The lowest BCUT2D eigenvalue weighted by atomic mass is 10.0. The molecular formula is C14H12N2O5. The summed E-state index contributed by atoms with van der Waals surface area (Å²) in [5, 5.41) is 2.29. The van der Waals surface area contributed by atoms with Gasteiger partial charge in [-0.25, -0.2) is 0 Å². The van der Waals surface area contributed by atoms with Crippen LogP contribution < -0.4 is 10.2 Å². The summed E-state index contributed by atoms with van der Waals surface area (Å²) < 4.78 is 0. The minimum atomic E-state index is -0.557. The molecule has 1 fully saturated rings. The third-order valence-electron chi connectivity index (χ3n) is 3.38. The van der Waals surface area contributed by atoms with Gasteiger partial charge in [0.2, 0.25) is 17.7 Å². The van der Waals surface area contributed by atoms with Gasteiger partial charge in [-0.2, -0.15) is 9.59 Å². The summed E-state index contributed by atoms with van der Waals surface area (Å²) in [6, 6.07) is 6.89. The van der Waals surface area contributed by atoms with E-state index in [1.54, 1.807) is 0 Å². The largest absolute Gasteiger partial charge is 0.373 e. The number of para-hydroxylation sites is 1. The molecule has 3 rings (SSSR count). The van der Waals surface area contributed by atoms with Crippen LogP contribution in [0.25, 0.3) is 0 Å². The fourth-order valence-electron chi connectivity index (χ4n) is 2.55. The van der Waals surface area contributed by atoms with Gasteiger partial charge in [0.15, 0.2) is 0 Å². The van der Waals surface area contributed by atoms with E-state index in [9.17, 15) is 14.4 Å². The standard InChI is InChI=1S/C13H12N2O3.CO2/c16-11-6-5-10(13(18)14-11)15-9-4-2-1-3-8(9)7-12(15)17;2-1-3/h1-4,10H,5-7H2,(H,14,16,18);. The summed E-state index contributed by atoms with van der Waals surface area (Å²) in [4.78, 5) is 52.7. The van der Waals surface area contributed by atoms with Gasteiger partial charge in [0.1, 0.15) is 6.04 Å². The molecule has 0 aliphatic carbocycles. The summed E-state index contributed by atoms with van der Waals surface area (Å²) in [5.74, 6) is -0.724. The summed E-state index contributed by atoms with van der Waals surface area (Å²) >= 11 is 0. The zero-order chi connectivity index (χ0) is 15.4. The van der Waals surface area contributed by atoms with E-state index in [1.807, 2.05) is 24.3 Å². The van der Waals surface area contributed by atoms with Gasteiger partial charge in [0.05, 0.1) is 6.42 Å². The molecule has 1 atom stereocenters. The van der Waals surface area contributed by atoms with Crippen LogP contribution >= 0.6 is 0 Å². The first-order valence-corrected chi connectivity index (χ1v) is 6.31. The van der Waals surface area contributed by atoms with E-state index in [0.29, 0.717) is 12.8 Å². The molecule has 21 heavy (non-hydrogen) atoms. The molecule has 2 heterocycles. The van der Waals surface area contributed by atoms with Gasteiger partial charge in [0.25, 0.3) is 0 Å². The van der Waals surface area contributed by atoms with Crippen LogP contribution in [0.3, 0.4) is 0 Å². The zero-order valence-corrected chi connectivity index (χ0v) is 11.0. The third kappa shape index (κ3) is 2.88. The molecule has 1 unspecified atom stereocenters. The number of carbonyl (C=O) groups is 3. The van der Waals surface area contributed by atoms with Crippen molar-refractivity contribution in [1.29, 1.82) is 0 Å². The molecule has 108 valence electrons. The van der Waals surface area contributed by atoms with Crippen molar-refractivity contribution in [2.45, 2.75) is 25.3 Å². The second-order valence-corrected chi connectivity index (χ2v) is 4.62. The van der Waals surface area contributed by atoms with Crippen molar-refractivity contribution in [3.8, 4) is 0 Å². The molecule has 3 amide bonds. The Labute approximate surface area is 119 Å². The van der Waals surface area contributed by atoms with E-state index in [-0.39, 0.29) is 30.3 Å². The van der Waals surface area contributed by atoms with Crippen molar-refractivity contribution in [1.82, 2.24) is 5.32 Å². The van der Waals surface area contributed by atoms with E-state index in [4.69, 9.17) is 9.59 Å². The summed E-state index contributed by atoms with van der Waals surface area (Å²) in [5.41, 5.74) is 1.73. The first-order valence-electron chi connectivity index (χ1n) is 6.31. The van der Waals surface area contributed by atoms with Crippen LogP contribution in [0.1, 0.15) is 18.4 Å². The van der Waals surface area contributed by atoms with Gasteiger partial charge >= 0.3 is 6.15 Å². The van der Waals surface area contributed by atoms with E-state index < -0.39 is 6.04 Å². The minimum Gasteiger partial charge on any atom is -0.299 e.